The molecule has 0 spiro atoms. The molecular formula is C4H7F3N2O. The van der Waals surface area contributed by atoms with Crippen LogP contribution in [-0.2, 0) is 4.84 Å². The van der Waals surface area contributed by atoms with E-state index in [0.29, 0.717) is 0 Å². The van der Waals surface area contributed by atoms with Gasteiger partial charge in [-0.2, -0.15) is 23.1 Å². The van der Waals surface area contributed by atoms with Crippen molar-refractivity contribution in [3.05, 3.63) is 0 Å². The summed E-state index contributed by atoms with van der Waals surface area (Å²) < 4.78 is 35.3. The summed E-state index contributed by atoms with van der Waals surface area (Å²) in [4.78, 5) is 4.80. The van der Waals surface area contributed by atoms with Gasteiger partial charge in [0.05, 0.1) is 6.67 Å². The van der Waals surface area contributed by atoms with Crippen LogP contribution in [0.2, 0.25) is 0 Å². The maximum atomic E-state index is 11.8. The van der Waals surface area contributed by atoms with Gasteiger partial charge < -0.3 is 0 Å². The van der Waals surface area contributed by atoms with Crippen molar-refractivity contribution < 1.29 is 18.0 Å². The van der Waals surface area contributed by atoms with E-state index in [1.165, 1.54) is 7.05 Å². The molecule has 0 aromatic heterocycles. The van der Waals surface area contributed by atoms with Crippen LogP contribution in [0, 0.1) is 0 Å². The van der Waals surface area contributed by atoms with Gasteiger partial charge in [0.15, 0.2) is 0 Å². The first kappa shape index (κ1) is 7.77. The van der Waals surface area contributed by atoms with Crippen LogP contribution in [0.4, 0.5) is 13.2 Å². The molecule has 1 heterocycles. The van der Waals surface area contributed by atoms with E-state index in [1.807, 2.05) is 0 Å². The quantitative estimate of drug-likeness (QED) is 0.477. The van der Waals surface area contributed by atoms with E-state index >= 15 is 0 Å². The smallest absolute Gasteiger partial charge is 0.282 e. The zero-order valence-corrected chi connectivity index (χ0v) is 5.35. The highest BCUT2D eigenvalue weighted by Crippen LogP contribution is 2.23. The van der Waals surface area contributed by atoms with Crippen LogP contribution in [0.15, 0.2) is 0 Å². The summed E-state index contributed by atoms with van der Waals surface area (Å²) in [6, 6.07) is 0. The largest absolute Gasteiger partial charge is 0.463 e. The fourth-order valence-corrected chi connectivity index (χ4v) is 0.644. The minimum atomic E-state index is -4.27. The van der Waals surface area contributed by atoms with Gasteiger partial charge in [0.1, 0.15) is 6.73 Å². The van der Waals surface area contributed by atoms with Crippen LogP contribution in [0.1, 0.15) is 0 Å². The van der Waals surface area contributed by atoms with Crippen molar-refractivity contribution in [3.8, 4) is 0 Å². The second-order valence-electron chi connectivity index (χ2n) is 2.04. The van der Waals surface area contributed by atoms with Gasteiger partial charge >= 0.3 is 6.30 Å². The monoisotopic (exact) mass is 156 g/mol. The molecule has 3 nitrogen and oxygen atoms in total. The highest BCUT2D eigenvalue weighted by Gasteiger charge is 2.41. The first-order chi connectivity index (χ1) is 4.50. The molecule has 0 aliphatic carbocycles. The summed E-state index contributed by atoms with van der Waals surface area (Å²) in [5.74, 6) is 0. The van der Waals surface area contributed by atoms with Crippen molar-refractivity contribution in [1.82, 2.24) is 9.96 Å². The zero-order valence-electron chi connectivity index (χ0n) is 5.35. The molecule has 1 saturated heterocycles. The maximum Gasteiger partial charge on any atom is 0.463 e. The Kier molecular flexibility index (Phi) is 1.84. The van der Waals surface area contributed by atoms with Crippen molar-refractivity contribution in [1.29, 1.82) is 0 Å². The van der Waals surface area contributed by atoms with Crippen LogP contribution in [0.5, 0.6) is 0 Å². The summed E-state index contributed by atoms with van der Waals surface area (Å²) in [6.07, 6.45) is -4.27. The molecule has 10 heavy (non-hydrogen) atoms. The van der Waals surface area contributed by atoms with Crippen molar-refractivity contribution in [3.63, 3.8) is 0 Å². The standard InChI is InChI=1S/C4H7F3N2O/c1-8-2-9(3-10-8)4(5,6)7/h2-3H2,1H3. The highest BCUT2D eigenvalue weighted by atomic mass is 19.4. The molecule has 0 bridgehead atoms. The Hall–Kier alpha value is -0.330. The minimum Gasteiger partial charge on any atom is -0.282 e. The van der Waals surface area contributed by atoms with Gasteiger partial charge in [0, 0.05) is 7.05 Å². The lowest BCUT2D eigenvalue weighted by atomic mass is 10.8. The number of rotatable bonds is 0. The molecule has 60 valence electrons. The predicted molar refractivity (Wildman–Crippen MR) is 26.5 cm³/mol. The Bertz CT molecular complexity index is 126. The number of hydrogen-bond acceptors (Lipinski definition) is 3. The first-order valence-corrected chi connectivity index (χ1v) is 2.66. The van der Waals surface area contributed by atoms with E-state index in [2.05, 4.69) is 4.84 Å². The highest BCUT2D eigenvalue weighted by molar-refractivity contribution is 4.56. The molecule has 1 rings (SSSR count). The summed E-state index contributed by atoms with van der Waals surface area (Å²) in [7, 11) is 1.45. The van der Waals surface area contributed by atoms with E-state index in [0.717, 1.165) is 5.06 Å². The lowest BCUT2D eigenvalue weighted by Crippen LogP contribution is -2.36. The molecule has 1 fully saturated rings. The second-order valence-corrected chi connectivity index (χ2v) is 2.04. The van der Waals surface area contributed by atoms with Crippen molar-refractivity contribution in [2.24, 2.45) is 0 Å². The Balaban J connectivity index is 2.45. The van der Waals surface area contributed by atoms with Gasteiger partial charge in [0.2, 0.25) is 0 Å². The number of nitrogens with zero attached hydrogens (tertiary/aromatic N) is 2. The summed E-state index contributed by atoms with van der Waals surface area (Å²) in [6.45, 7) is -0.622. The third-order valence-electron chi connectivity index (χ3n) is 1.16. The van der Waals surface area contributed by atoms with E-state index < -0.39 is 13.0 Å². The van der Waals surface area contributed by atoms with Crippen molar-refractivity contribution in [2.75, 3.05) is 20.4 Å². The van der Waals surface area contributed by atoms with E-state index in [1.54, 1.807) is 0 Å². The fraction of sp³-hybridized carbons (Fsp3) is 1.00. The first-order valence-electron chi connectivity index (χ1n) is 2.66. The third-order valence-corrected chi connectivity index (χ3v) is 1.16. The molecule has 0 unspecified atom stereocenters. The van der Waals surface area contributed by atoms with Gasteiger partial charge in [-0.25, -0.2) is 0 Å². The lowest BCUT2D eigenvalue weighted by Gasteiger charge is -2.15. The molecule has 0 aromatic rings. The Morgan fingerprint density at radius 3 is 2.20 bits per heavy atom. The van der Waals surface area contributed by atoms with E-state index in [-0.39, 0.29) is 11.6 Å². The van der Waals surface area contributed by atoms with Crippen molar-refractivity contribution >= 4 is 0 Å². The molecule has 1 aliphatic heterocycles. The Morgan fingerprint density at radius 1 is 1.40 bits per heavy atom. The molecule has 0 aromatic carbocycles. The lowest BCUT2D eigenvalue weighted by molar-refractivity contribution is -0.245. The molecule has 0 atom stereocenters. The average molecular weight is 156 g/mol. The SMILES string of the molecule is CN1CN(C(F)(F)F)CO1. The third kappa shape index (κ3) is 1.59. The summed E-state index contributed by atoms with van der Waals surface area (Å²) in [5, 5.41) is 1.13. The zero-order chi connectivity index (χ0) is 7.78. The number of halogens is 3. The molecule has 0 saturated carbocycles. The summed E-state index contributed by atoms with van der Waals surface area (Å²) >= 11 is 0. The van der Waals surface area contributed by atoms with Gasteiger partial charge in [-0.15, -0.1) is 0 Å². The van der Waals surface area contributed by atoms with Crippen LogP contribution >= 0.6 is 0 Å². The fourth-order valence-electron chi connectivity index (χ4n) is 0.644. The molecule has 6 heteroatoms. The number of alkyl halides is 3. The minimum absolute atomic E-state index is 0.219. The van der Waals surface area contributed by atoms with E-state index in [9.17, 15) is 13.2 Å². The topological polar surface area (TPSA) is 15.7 Å². The summed E-state index contributed by atoms with van der Waals surface area (Å²) in [5.41, 5.74) is 0. The predicted octanol–water partition coefficient (Wildman–Crippen LogP) is 0.600. The second kappa shape index (κ2) is 2.37. The van der Waals surface area contributed by atoms with Crippen molar-refractivity contribution in [2.45, 2.75) is 6.30 Å². The van der Waals surface area contributed by atoms with Crippen LogP contribution < -0.4 is 0 Å². The normalized spacial score (nSPS) is 24.0. The van der Waals surface area contributed by atoms with Crippen LogP contribution in [0.25, 0.3) is 0 Å². The van der Waals surface area contributed by atoms with E-state index in [4.69, 9.17) is 0 Å². The maximum absolute atomic E-state index is 11.8. The Morgan fingerprint density at radius 2 is 2.00 bits per heavy atom. The van der Waals surface area contributed by atoms with Gasteiger partial charge in [0.25, 0.3) is 0 Å². The average Bonchev–Trinajstić information content (AvgIpc) is 2.11. The van der Waals surface area contributed by atoms with Crippen LogP contribution in [0.3, 0.4) is 0 Å². The number of hydroxylamine groups is 2. The molecular weight excluding hydrogens is 149 g/mol. The van der Waals surface area contributed by atoms with Gasteiger partial charge in [-0.3, -0.25) is 4.84 Å². The van der Waals surface area contributed by atoms with Gasteiger partial charge in [-0.1, -0.05) is 0 Å². The van der Waals surface area contributed by atoms with Crippen LogP contribution in [-0.4, -0.2) is 36.7 Å². The molecule has 0 amide bonds. The van der Waals surface area contributed by atoms with Gasteiger partial charge in [-0.05, 0) is 0 Å². The number of hydrogen-bond donors (Lipinski definition) is 0. The Labute approximate surface area is 55.9 Å². The molecule has 0 radical (unpaired) electrons. The molecule has 0 N–H and O–H groups in total. The molecule has 1 aliphatic rings.